The molecule has 1 aromatic carbocycles. The summed E-state index contributed by atoms with van der Waals surface area (Å²) in [5.41, 5.74) is -0.741. The third kappa shape index (κ3) is 4.93. The van der Waals surface area contributed by atoms with Gasteiger partial charge in [-0.1, -0.05) is 11.6 Å². The molecule has 0 atom stereocenters. The van der Waals surface area contributed by atoms with Gasteiger partial charge in [0.1, 0.15) is 0 Å². The molecule has 0 aliphatic carbocycles. The van der Waals surface area contributed by atoms with Crippen molar-refractivity contribution in [2.24, 2.45) is 0 Å². The summed E-state index contributed by atoms with van der Waals surface area (Å²) in [6.07, 6.45) is -3.24. The fourth-order valence-electron chi connectivity index (χ4n) is 1.67. The summed E-state index contributed by atoms with van der Waals surface area (Å²) in [6, 6.07) is 3.49. The second-order valence-electron chi connectivity index (χ2n) is 4.40. The standard InChI is InChI=1S/C13H13ClF3N5O/c1-23-5-4-18-12-21-11(7-19-22-12)20-8-2-3-10(14)9(6-8)13(15,16)17/h2-3,6-7H,4-5H2,1H3,(H2,18,20,21,22). The highest BCUT2D eigenvalue weighted by Gasteiger charge is 2.33. The smallest absolute Gasteiger partial charge is 0.383 e. The average molecular weight is 348 g/mol. The zero-order chi connectivity index (χ0) is 16.9. The number of methoxy groups -OCH3 is 1. The molecule has 10 heteroatoms. The molecule has 23 heavy (non-hydrogen) atoms. The zero-order valence-corrected chi connectivity index (χ0v) is 12.7. The van der Waals surface area contributed by atoms with Gasteiger partial charge in [-0.15, -0.1) is 5.10 Å². The van der Waals surface area contributed by atoms with Gasteiger partial charge in [0.2, 0.25) is 5.95 Å². The quantitative estimate of drug-likeness (QED) is 0.781. The topological polar surface area (TPSA) is 72.0 Å². The Labute approximate surface area is 135 Å². The molecule has 0 spiro atoms. The number of aromatic nitrogens is 3. The van der Waals surface area contributed by atoms with Gasteiger partial charge in [-0.25, -0.2) is 0 Å². The van der Waals surface area contributed by atoms with Crippen LogP contribution in [0.4, 0.5) is 30.6 Å². The number of anilines is 3. The van der Waals surface area contributed by atoms with Crippen molar-refractivity contribution >= 4 is 29.1 Å². The minimum absolute atomic E-state index is 0.185. The summed E-state index contributed by atoms with van der Waals surface area (Å²) in [7, 11) is 1.55. The van der Waals surface area contributed by atoms with Crippen molar-refractivity contribution in [1.82, 2.24) is 15.2 Å². The summed E-state index contributed by atoms with van der Waals surface area (Å²) in [4.78, 5) is 4.09. The number of benzene rings is 1. The monoisotopic (exact) mass is 347 g/mol. The Morgan fingerprint density at radius 1 is 1.30 bits per heavy atom. The van der Waals surface area contributed by atoms with E-state index in [-0.39, 0.29) is 22.5 Å². The van der Waals surface area contributed by atoms with E-state index in [4.69, 9.17) is 16.3 Å². The molecular formula is C13H13ClF3N5O. The Balaban J connectivity index is 2.14. The SMILES string of the molecule is COCCNc1nncc(Nc2ccc(Cl)c(C(F)(F)F)c2)n1. The number of hydrogen-bond donors (Lipinski definition) is 2. The molecule has 0 aliphatic heterocycles. The molecular weight excluding hydrogens is 335 g/mol. The molecule has 0 bridgehead atoms. The lowest BCUT2D eigenvalue weighted by Crippen LogP contribution is -2.11. The van der Waals surface area contributed by atoms with E-state index in [0.29, 0.717) is 13.2 Å². The van der Waals surface area contributed by atoms with Gasteiger partial charge in [0.05, 0.1) is 23.4 Å². The third-order valence-corrected chi connectivity index (χ3v) is 3.02. The minimum Gasteiger partial charge on any atom is -0.383 e. The van der Waals surface area contributed by atoms with E-state index in [2.05, 4.69) is 25.8 Å². The Bertz CT molecular complexity index is 668. The van der Waals surface area contributed by atoms with Crippen molar-refractivity contribution in [3.05, 3.63) is 35.0 Å². The molecule has 6 nitrogen and oxygen atoms in total. The van der Waals surface area contributed by atoms with E-state index in [9.17, 15) is 13.2 Å². The van der Waals surface area contributed by atoms with Crippen molar-refractivity contribution in [1.29, 1.82) is 0 Å². The molecule has 1 heterocycles. The first-order valence-electron chi connectivity index (χ1n) is 6.46. The van der Waals surface area contributed by atoms with Gasteiger partial charge in [-0.2, -0.15) is 23.3 Å². The van der Waals surface area contributed by atoms with Crippen LogP contribution in [0.25, 0.3) is 0 Å². The summed E-state index contributed by atoms with van der Waals surface area (Å²) < 4.78 is 43.4. The van der Waals surface area contributed by atoms with Crippen molar-refractivity contribution in [2.45, 2.75) is 6.18 Å². The fourth-order valence-corrected chi connectivity index (χ4v) is 1.90. The van der Waals surface area contributed by atoms with Gasteiger partial charge in [0.25, 0.3) is 0 Å². The minimum atomic E-state index is -4.54. The van der Waals surface area contributed by atoms with Crippen molar-refractivity contribution in [3.63, 3.8) is 0 Å². The lowest BCUT2D eigenvalue weighted by Gasteiger charge is -2.12. The van der Waals surface area contributed by atoms with Crippen molar-refractivity contribution in [3.8, 4) is 0 Å². The van der Waals surface area contributed by atoms with Crippen LogP contribution in [0.3, 0.4) is 0 Å². The van der Waals surface area contributed by atoms with Crippen LogP contribution in [-0.4, -0.2) is 35.4 Å². The highest BCUT2D eigenvalue weighted by molar-refractivity contribution is 6.31. The van der Waals surface area contributed by atoms with E-state index >= 15 is 0 Å². The number of hydrogen-bond acceptors (Lipinski definition) is 6. The lowest BCUT2D eigenvalue weighted by atomic mass is 10.2. The number of ether oxygens (including phenoxy) is 1. The lowest BCUT2D eigenvalue weighted by molar-refractivity contribution is -0.137. The maximum absolute atomic E-state index is 12.8. The molecule has 0 saturated heterocycles. The van der Waals surface area contributed by atoms with Crippen LogP contribution >= 0.6 is 11.6 Å². The van der Waals surface area contributed by atoms with Crippen LogP contribution in [-0.2, 0) is 10.9 Å². The van der Waals surface area contributed by atoms with Crippen LogP contribution in [0.1, 0.15) is 5.56 Å². The van der Waals surface area contributed by atoms with Crippen LogP contribution < -0.4 is 10.6 Å². The predicted octanol–water partition coefficient (Wildman–Crippen LogP) is 3.35. The summed E-state index contributed by atoms with van der Waals surface area (Å²) in [5, 5.41) is 12.7. The maximum atomic E-state index is 12.8. The van der Waals surface area contributed by atoms with Crippen LogP contribution in [0.2, 0.25) is 5.02 Å². The molecule has 0 amide bonds. The maximum Gasteiger partial charge on any atom is 0.417 e. The van der Waals surface area contributed by atoms with Gasteiger partial charge in [-0.3, -0.25) is 0 Å². The van der Waals surface area contributed by atoms with E-state index in [0.717, 1.165) is 6.07 Å². The Morgan fingerprint density at radius 3 is 2.78 bits per heavy atom. The van der Waals surface area contributed by atoms with Gasteiger partial charge in [0, 0.05) is 19.3 Å². The predicted molar refractivity (Wildman–Crippen MR) is 79.9 cm³/mol. The summed E-state index contributed by atoms with van der Waals surface area (Å²) in [5.74, 6) is 0.479. The van der Waals surface area contributed by atoms with Crippen LogP contribution in [0.15, 0.2) is 24.4 Å². The van der Waals surface area contributed by atoms with Crippen LogP contribution in [0.5, 0.6) is 0 Å². The molecule has 0 radical (unpaired) electrons. The third-order valence-electron chi connectivity index (χ3n) is 2.69. The van der Waals surface area contributed by atoms with Crippen molar-refractivity contribution < 1.29 is 17.9 Å². The molecule has 1 aromatic heterocycles. The molecule has 124 valence electrons. The first kappa shape index (κ1) is 17.2. The van der Waals surface area contributed by atoms with E-state index in [1.807, 2.05) is 0 Å². The van der Waals surface area contributed by atoms with Gasteiger partial charge < -0.3 is 15.4 Å². The fraction of sp³-hybridized carbons (Fsp3) is 0.308. The molecule has 2 N–H and O–H groups in total. The molecule has 0 unspecified atom stereocenters. The number of alkyl halides is 3. The second-order valence-corrected chi connectivity index (χ2v) is 4.81. The van der Waals surface area contributed by atoms with Gasteiger partial charge >= 0.3 is 6.18 Å². The Morgan fingerprint density at radius 2 is 2.09 bits per heavy atom. The molecule has 2 rings (SSSR count). The highest BCUT2D eigenvalue weighted by atomic mass is 35.5. The summed E-state index contributed by atoms with van der Waals surface area (Å²) >= 11 is 5.57. The average Bonchev–Trinajstić information content (AvgIpc) is 2.49. The van der Waals surface area contributed by atoms with Crippen LogP contribution in [0, 0.1) is 0 Å². The first-order valence-corrected chi connectivity index (χ1v) is 6.84. The molecule has 2 aromatic rings. The number of rotatable bonds is 6. The van der Waals surface area contributed by atoms with Crippen molar-refractivity contribution in [2.75, 3.05) is 30.9 Å². The first-order chi connectivity index (χ1) is 10.9. The number of halogens is 4. The van der Waals surface area contributed by atoms with Gasteiger partial charge in [0.15, 0.2) is 5.82 Å². The van der Waals surface area contributed by atoms with E-state index in [1.165, 1.54) is 18.3 Å². The second kappa shape index (κ2) is 7.42. The zero-order valence-electron chi connectivity index (χ0n) is 12.0. The van der Waals surface area contributed by atoms with E-state index in [1.54, 1.807) is 7.11 Å². The number of nitrogens with zero attached hydrogens (tertiary/aromatic N) is 3. The Hall–Kier alpha value is -2.13. The molecule has 0 fully saturated rings. The van der Waals surface area contributed by atoms with E-state index < -0.39 is 11.7 Å². The molecule has 0 aliphatic rings. The Kier molecular flexibility index (Phi) is 5.56. The number of nitrogens with one attached hydrogen (secondary N) is 2. The highest BCUT2D eigenvalue weighted by Crippen LogP contribution is 2.36. The largest absolute Gasteiger partial charge is 0.417 e. The molecule has 0 saturated carbocycles. The summed E-state index contributed by atoms with van der Waals surface area (Å²) in [6.45, 7) is 0.925. The van der Waals surface area contributed by atoms with Gasteiger partial charge in [-0.05, 0) is 18.2 Å². The normalized spacial score (nSPS) is 11.3.